The number of rotatable bonds is 4. The maximum absolute atomic E-state index is 12.2. The van der Waals surface area contributed by atoms with Gasteiger partial charge in [-0.05, 0) is 32.6 Å². The number of hydrogen-bond acceptors (Lipinski definition) is 4. The summed E-state index contributed by atoms with van der Waals surface area (Å²) >= 11 is 0. The van der Waals surface area contributed by atoms with Gasteiger partial charge in [-0.15, -0.1) is 0 Å². The van der Waals surface area contributed by atoms with Crippen molar-refractivity contribution < 1.29 is 9.59 Å². The Morgan fingerprint density at radius 3 is 2.50 bits per heavy atom. The first kappa shape index (κ1) is 16.5. The van der Waals surface area contributed by atoms with Gasteiger partial charge in [-0.25, -0.2) is 4.98 Å². The van der Waals surface area contributed by atoms with Crippen LogP contribution in [0.25, 0.3) is 0 Å². The Labute approximate surface area is 130 Å². The fourth-order valence-corrected chi connectivity index (χ4v) is 2.88. The number of carbonyl (C=O) groups is 2. The van der Waals surface area contributed by atoms with E-state index < -0.39 is 6.04 Å². The maximum atomic E-state index is 12.2. The largest absolute Gasteiger partial charge is 0.347 e. The molecule has 0 saturated carbocycles. The van der Waals surface area contributed by atoms with Crippen molar-refractivity contribution in [3.63, 3.8) is 0 Å². The van der Waals surface area contributed by atoms with Crippen LogP contribution >= 0.6 is 0 Å². The van der Waals surface area contributed by atoms with Crippen molar-refractivity contribution in [1.82, 2.24) is 19.8 Å². The predicted octanol–water partition coefficient (Wildman–Crippen LogP) is 0.124. The number of aryl methyl sites for hydroxylation is 1. The molecule has 1 aliphatic rings. The van der Waals surface area contributed by atoms with E-state index in [1.54, 1.807) is 30.9 Å². The lowest BCUT2D eigenvalue weighted by molar-refractivity contribution is -0.133. The Bertz CT molecular complexity index is 532. The van der Waals surface area contributed by atoms with E-state index in [1.165, 1.54) is 0 Å². The molecule has 1 aliphatic heterocycles. The number of amides is 2. The molecule has 0 radical (unpaired) electrons. The molecule has 2 rings (SSSR count). The van der Waals surface area contributed by atoms with Crippen molar-refractivity contribution in [2.24, 2.45) is 18.7 Å². The van der Waals surface area contributed by atoms with Gasteiger partial charge in [-0.3, -0.25) is 9.59 Å². The number of likely N-dealkylation sites (tertiary alicyclic amines) is 1. The second-order valence-corrected chi connectivity index (χ2v) is 6.08. The summed E-state index contributed by atoms with van der Waals surface area (Å²) in [5, 5.41) is 3.01. The molecule has 122 valence electrons. The average Bonchev–Trinajstić information content (AvgIpc) is 2.92. The molecular weight excluding hydrogens is 282 g/mol. The van der Waals surface area contributed by atoms with Crippen LogP contribution in [0.1, 0.15) is 37.3 Å². The van der Waals surface area contributed by atoms with Gasteiger partial charge in [0.2, 0.25) is 5.91 Å². The summed E-state index contributed by atoms with van der Waals surface area (Å²) in [6.07, 6.45) is 5.11. The lowest BCUT2D eigenvalue weighted by Crippen LogP contribution is -2.49. The number of nitrogens with two attached hydrogens (primary N) is 1. The summed E-state index contributed by atoms with van der Waals surface area (Å²) in [7, 11) is 1.80. The van der Waals surface area contributed by atoms with Crippen molar-refractivity contribution in [3.05, 3.63) is 18.2 Å². The van der Waals surface area contributed by atoms with Crippen molar-refractivity contribution in [2.75, 3.05) is 13.1 Å². The monoisotopic (exact) mass is 307 g/mol. The molecule has 22 heavy (non-hydrogen) atoms. The highest BCUT2D eigenvalue weighted by Crippen LogP contribution is 2.21. The summed E-state index contributed by atoms with van der Waals surface area (Å²) in [6.45, 7) is 5.12. The molecule has 2 atom stereocenters. The highest BCUT2D eigenvalue weighted by atomic mass is 16.2. The predicted molar refractivity (Wildman–Crippen MR) is 83.1 cm³/mol. The Morgan fingerprint density at radius 2 is 2.00 bits per heavy atom. The summed E-state index contributed by atoms with van der Waals surface area (Å²) in [6, 6.07) is -0.395. The Morgan fingerprint density at radius 1 is 1.36 bits per heavy atom. The van der Waals surface area contributed by atoms with E-state index in [9.17, 15) is 9.59 Å². The van der Waals surface area contributed by atoms with E-state index in [4.69, 9.17) is 5.73 Å². The number of aromatic nitrogens is 2. The quantitative estimate of drug-likeness (QED) is 0.826. The Balaban J connectivity index is 1.85. The summed E-state index contributed by atoms with van der Waals surface area (Å²) in [5.74, 6) is 0.620. The fraction of sp³-hybridized carbons (Fsp3) is 0.667. The molecule has 0 bridgehead atoms. The Kier molecular flexibility index (Phi) is 5.18. The van der Waals surface area contributed by atoms with E-state index in [0.29, 0.717) is 24.8 Å². The number of piperidine rings is 1. The van der Waals surface area contributed by atoms with Crippen molar-refractivity contribution in [3.8, 4) is 0 Å². The van der Waals surface area contributed by atoms with Gasteiger partial charge in [-0.1, -0.05) is 0 Å². The van der Waals surface area contributed by atoms with E-state index in [2.05, 4.69) is 10.3 Å². The second kappa shape index (κ2) is 6.91. The van der Waals surface area contributed by atoms with Crippen LogP contribution in [0.2, 0.25) is 0 Å². The van der Waals surface area contributed by atoms with Gasteiger partial charge < -0.3 is 20.5 Å². The smallest absolute Gasteiger partial charge is 0.287 e. The van der Waals surface area contributed by atoms with Gasteiger partial charge in [0.25, 0.3) is 5.91 Å². The molecule has 1 aromatic heterocycles. The zero-order chi connectivity index (χ0) is 16.3. The topological polar surface area (TPSA) is 93.2 Å². The molecule has 3 N–H and O–H groups in total. The molecule has 0 spiro atoms. The zero-order valence-electron chi connectivity index (χ0n) is 13.5. The molecule has 1 saturated heterocycles. The van der Waals surface area contributed by atoms with E-state index in [-0.39, 0.29) is 17.9 Å². The van der Waals surface area contributed by atoms with Crippen LogP contribution in [-0.2, 0) is 11.8 Å². The molecular formula is C15H25N5O2. The van der Waals surface area contributed by atoms with E-state index >= 15 is 0 Å². The van der Waals surface area contributed by atoms with Crippen LogP contribution in [0.15, 0.2) is 12.4 Å². The van der Waals surface area contributed by atoms with Crippen molar-refractivity contribution >= 4 is 11.8 Å². The number of carbonyl (C=O) groups excluding carboxylic acids is 2. The van der Waals surface area contributed by atoms with Crippen LogP contribution in [0.3, 0.4) is 0 Å². The SMILES string of the molecule is CC(NC(=O)c1nccn1C)C1CCN(C(=O)[C@H](C)N)CC1. The third kappa shape index (κ3) is 3.65. The molecule has 1 unspecified atom stereocenters. The van der Waals surface area contributed by atoms with Crippen LogP contribution in [-0.4, -0.2) is 51.4 Å². The minimum atomic E-state index is -0.447. The maximum Gasteiger partial charge on any atom is 0.287 e. The zero-order valence-corrected chi connectivity index (χ0v) is 13.5. The number of hydrogen-bond donors (Lipinski definition) is 2. The summed E-state index contributed by atoms with van der Waals surface area (Å²) in [5.41, 5.74) is 5.64. The third-order valence-corrected chi connectivity index (χ3v) is 4.33. The number of nitrogens with one attached hydrogen (secondary N) is 1. The molecule has 7 nitrogen and oxygen atoms in total. The van der Waals surface area contributed by atoms with E-state index in [1.807, 2.05) is 11.8 Å². The van der Waals surface area contributed by atoms with Crippen molar-refractivity contribution in [1.29, 1.82) is 0 Å². The van der Waals surface area contributed by atoms with Crippen molar-refractivity contribution in [2.45, 2.75) is 38.8 Å². The van der Waals surface area contributed by atoms with Crippen LogP contribution in [0.5, 0.6) is 0 Å². The third-order valence-electron chi connectivity index (χ3n) is 4.33. The van der Waals surface area contributed by atoms with Gasteiger partial charge in [-0.2, -0.15) is 0 Å². The number of nitrogens with zero attached hydrogens (tertiary/aromatic N) is 3. The highest BCUT2D eigenvalue weighted by molar-refractivity contribution is 5.90. The first-order valence-corrected chi connectivity index (χ1v) is 7.72. The van der Waals surface area contributed by atoms with Gasteiger partial charge in [0.15, 0.2) is 5.82 Å². The Hall–Kier alpha value is -1.89. The summed E-state index contributed by atoms with van der Waals surface area (Å²) in [4.78, 5) is 29.9. The second-order valence-electron chi connectivity index (χ2n) is 6.08. The van der Waals surface area contributed by atoms with Gasteiger partial charge >= 0.3 is 0 Å². The molecule has 0 aliphatic carbocycles. The average molecular weight is 307 g/mol. The van der Waals surface area contributed by atoms with Crippen LogP contribution in [0, 0.1) is 5.92 Å². The fourth-order valence-electron chi connectivity index (χ4n) is 2.88. The molecule has 2 heterocycles. The van der Waals surface area contributed by atoms with Crippen LogP contribution < -0.4 is 11.1 Å². The minimum absolute atomic E-state index is 0.00292. The summed E-state index contributed by atoms with van der Waals surface area (Å²) < 4.78 is 1.70. The number of imidazole rings is 1. The van der Waals surface area contributed by atoms with Gasteiger partial charge in [0.05, 0.1) is 6.04 Å². The molecule has 1 aromatic rings. The first-order chi connectivity index (χ1) is 10.4. The molecule has 1 fully saturated rings. The lowest BCUT2D eigenvalue weighted by atomic mass is 9.90. The highest BCUT2D eigenvalue weighted by Gasteiger charge is 2.28. The first-order valence-electron chi connectivity index (χ1n) is 7.72. The van der Waals surface area contributed by atoms with Gasteiger partial charge in [0.1, 0.15) is 0 Å². The molecule has 0 aromatic carbocycles. The minimum Gasteiger partial charge on any atom is -0.347 e. The van der Waals surface area contributed by atoms with Crippen LogP contribution in [0.4, 0.5) is 0 Å². The molecule has 2 amide bonds. The van der Waals surface area contributed by atoms with E-state index in [0.717, 1.165) is 12.8 Å². The molecule has 7 heteroatoms. The normalized spacial score (nSPS) is 18.8. The van der Waals surface area contributed by atoms with Gasteiger partial charge in [0, 0.05) is 38.6 Å². The standard InChI is InChI=1S/C15H25N5O2/c1-10(16)15(22)20-7-4-12(5-8-20)11(2)18-14(21)13-17-6-9-19(13)3/h6,9-12H,4-5,7-8,16H2,1-3H3,(H,18,21)/t10-,11?/m0/s1. The lowest BCUT2D eigenvalue weighted by Gasteiger charge is -2.35.